The molecule has 0 aliphatic heterocycles. The second kappa shape index (κ2) is 2.74. The molecule has 13 heavy (non-hydrogen) atoms. The van der Waals surface area contributed by atoms with Gasteiger partial charge in [0.1, 0.15) is 5.52 Å². The van der Waals surface area contributed by atoms with Gasteiger partial charge in [0.2, 0.25) is 0 Å². The molecule has 0 spiro atoms. The van der Waals surface area contributed by atoms with Gasteiger partial charge in [-0.2, -0.15) is 5.10 Å². The highest BCUT2D eigenvalue weighted by Crippen LogP contribution is 2.26. The lowest BCUT2D eigenvalue weighted by molar-refractivity contribution is 0.751. The van der Waals surface area contributed by atoms with Crippen molar-refractivity contribution in [3.05, 3.63) is 28.4 Å². The molecule has 2 rings (SSSR count). The predicted molar refractivity (Wildman–Crippen MR) is 55.2 cm³/mol. The van der Waals surface area contributed by atoms with Crippen LogP contribution in [0.3, 0.4) is 0 Å². The second-order valence-electron chi connectivity index (χ2n) is 3.35. The van der Waals surface area contributed by atoms with Gasteiger partial charge in [-0.3, -0.25) is 4.68 Å². The van der Waals surface area contributed by atoms with Crippen molar-refractivity contribution in [1.82, 2.24) is 9.78 Å². The van der Waals surface area contributed by atoms with E-state index >= 15 is 0 Å². The second-order valence-corrected chi connectivity index (χ2v) is 3.76. The number of aromatic nitrogens is 2. The van der Waals surface area contributed by atoms with Crippen LogP contribution in [0.15, 0.2) is 12.1 Å². The van der Waals surface area contributed by atoms with Gasteiger partial charge in [-0.15, -0.1) is 0 Å². The minimum atomic E-state index is 0.735. The van der Waals surface area contributed by atoms with E-state index in [0.717, 1.165) is 21.6 Å². The number of benzene rings is 1. The average molecular weight is 195 g/mol. The molecule has 0 bridgehead atoms. The van der Waals surface area contributed by atoms with Crippen molar-refractivity contribution < 1.29 is 0 Å². The largest absolute Gasteiger partial charge is 0.272 e. The molecule has 2 nitrogen and oxygen atoms in total. The van der Waals surface area contributed by atoms with Gasteiger partial charge in [0.25, 0.3) is 0 Å². The Kier molecular flexibility index (Phi) is 1.81. The first kappa shape index (κ1) is 8.57. The lowest BCUT2D eigenvalue weighted by Crippen LogP contribution is -1.91. The van der Waals surface area contributed by atoms with Crippen LogP contribution in [0.5, 0.6) is 0 Å². The number of hydrogen-bond acceptors (Lipinski definition) is 1. The molecule has 0 unspecified atom stereocenters. The van der Waals surface area contributed by atoms with Crippen LogP contribution in [0.25, 0.3) is 10.9 Å². The highest BCUT2D eigenvalue weighted by molar-refractivity contribution is 6.35. The monoisotopic (exact) mass is 194 g/mol. The van der Waals surface area contributed by atoms with Crippen LogP contribution in [0.2, 0.25) is 5.02 Å². The number of fused-ring (bicyclic) bond motifs is 1. The third kappa shape index (κ3) is 1.22. The SMILES string of the molecule is Cc1cc(Cl)c2nn(C)c(C)c2c1. The lowest BCUT2D eigenvalue weighted by atomic mass is 10.1. The van der Waals surface area contributed by atoms with Crippen LogP contribution in [-0.2, 0) is 7.05 Å². The third-order valence-electron chi connectivity index (χ3n) is 2.33. The quantitative estimate of drug-likeness (QED) is 0.631. The van der Waals surface area contributed by atoms with Crippen molar-refractivity contribution >= 4 is 22.5 Å². The summed E-state index contributed by atoms with van der Waals surface area (Å²) in [6, 6.07) is 4.06. The Labute approximate surface area is 82.1 Å². The lowest BCUT2D eigenvalue weighted by Gasteiger charge is -1.95. The van der Waals surface area contributed by atoms with Crippen LogP contribution < -0.4 is 0 Å². The Bertz CT molecular complexity index is 471. The zero-order valence-electron chi connectivity index (χ0n) is 7.93. The van der Waals surface area contributed by atoms with Crippen molar-refractivity contribution in [2.45, 2.75) is 13.8 Å². The van der Waals surface area contributed by atoms with Crippen molar-refractivity contribution in [2.75, 3.05) is 0 Å². The number of nitrogens with zero attached hydrogens (tertiary/aromatic N) is 2. The van der Waals surface area contributed by atoms with Crippen molar-refractivity contribution in [3.8, 4) is 0 Å². The summed E-state index contributed by atoms with van der Waals surface area (Å²) >= 11 is 6.07. The number of hydrogen-bond donors (Lipinski definition) is 0. The molecule has 0 saturated heterocycles. The first-order valence-corrected chi connectivity index (χ1v) is 4.57. The summed E-state index contributed by atoms with van der Waals surface area (Å²) in [4.78, 5) is 0. The minimum absolute atomic E-state index is 0.735. The molecule has 0 N–H and O–H groups in total. The van der Waals surface area contributed by atoms with E-state index in [1.807, 2.05) is 31.6 Å². The van der Waals surface area contributed by atoms with Crippen molar-refractivity contribution in [1.29, 1.82) is 0 Å². The molecule has 2 aromatic rings. The molecule has 1 heterocycles. The van der Waals surface area contributed by atoms with E-state index in [1.165, 1.54) is 5.56 Å². The minimum Gasteiger partial charge on any atom is -0.272 e. The maximum Gasteiger partial charge on any atom is 0.111 e. The standard InChI is InChI=1S/C10H11ClN2/c1-6-4-8-7(2)13(3)12-10(8)9(11)5-6/h4-5H,1-3H3. The van der Waals surface area contributed by atoms with Gasteiger partial charge < -0.3 is 0 Å². The highest BCUT2D eigenvalue weighted by atomic mass is 35.5. The Morgan fingerprint density at radius 2 is 2.00 bits per heavy atom. The summed E-state index contributed by atoms with van der Waals surface area (Å²) in [6.45, 7) is 4.09. The van der Waals surface area contributed by atoms with Crippen LogP contribution in [-0.4, -0.2) is 9.78 Å². The van der Waals surface area contributed by atoms with E-state index in [9.17, 15) is 0 Å². The van der Waals surface area contributed by atoms with E-state index in [-0.39, 0.29) is 0 Å². The van der Waals surface area contributed by atoms with Crippen LogP contribution in [0.4, 0.5) is 0 Å². The fourth-order valence-electron chi connectivity index (χ4n) is 1.51. The number of rotatable bonds is 0. The fraction of sp³-hybridized carbons (Fsp3) is 0.300. The summed E-state index contributed by atoms with van der Waals surface area (Å²) in [5.74, 6) is 0. The Morgan fingerprint density at radius 3 is 2.69 bits per heavy atom. The summed E-state index contributed by atoms with van der Waals surface area (Å²) in [5, 5.41) is 6.22. The summed E-state index contributed by atoms with van der Waals surface area (Å²) in [6.07, 6.45) is 0. The molecule has 0 atom stereocenters. The highest BCUT2D eigenvalue weighted by Gasteiger charge is 2.08. The van der Waals surface area contributed by atoms with Gasteiger partial charge in [-0.25, -0.2) is 0 Å². The maximum atomic E-state index is 6.07. The van der Waals surface area contributed by atoms with E-state index in [1.54, 1.807) is 0 Å². The zero-order valence-corrected chi connectivity index (χ0v) is 8.68. The van der Waals surface area contributed by atoms with Crippen LogP contribution in [0, 0.1) is 13.8 Å². The topological polar surface area (TPSA) is 17.8 Å². The smallest absolute Gasteiger partial charge is 0.111 e. The number of halogens is 1. The van der Waals surface area contributed by atoms with E-state index in [0.29, 0.717) is 0 Å². The third-order valence-corrected chi connectivity index (χ3v) is 2.62. The van der Waals surface area contributed by atoms with Gasteiger partial charge in [0, 0.05) is 18.1 Å². The normalized spacial score (nSPS) is 11.1. The van der Waals surface area contributed by atoms with Gasteiger partial charge in [-0.05, 0) is 31.5 Å². The summed E-state index contributed by atoms with van der Waals surface area (Å²) < 4.78 is 1.86. The van der Waals surface area contributed by atoms with Gasteiger partial charge in [-0.1, -0.05) is 11.6 Å². The molecule has 0 amide bonds. The molecule has 1 aromatic carbocycles. The van der Waals surface area contributed by atoms with Crippen molar-refractivity contribution in [2.24, 2.45) is 7.05 Å². The molecule has 68 valence electrons. The van der Waals surface area contributed by atoms with E-state index in [2.05, 4.69) is 11.2 Å². The molecular formula is C10H11ClN2. The molecule has 0 aliphatic rings. The molecular weight excluding hydrogens is 184 g/mol. The molecule has 1 aromatic heterocycles. The van der Waals surface area contributed by atoms with Gasteiger partial charge >= 0.3 is 0 Å². The Balaban J connectivity index is 2.94. The average Bonchev–Trinajstić information content (AvgIpc) is 2.32. The zero-order chi connectivity index (χ0) is 9.59. The molecule has 0 fully saturated rings. The van der Waals surface area contributed by atoms with Gasteiger partial charge in [0.05, 0.1) is 5.02 Å². The first-order chi connectivity index (χ1) is 6.09. The summed E-state index contributed by atoms with van der Waals surface area (Å²) in [5.41, 5.74) is 3.22. The first-order valence-electron chi connectivity index (χ1n) is 4.19. The number of aryl methyl sites for hydroxylation is 3. The predicted octanol–water partition coefficient (Wildman–Crippen LogP) is 2.84. The summed E-state index contributed by atoms with van der Waals surface area (Å²) in [7, 11) is 1.93. The van der Waals surface area contributed by atoms with Gasteiger partial charge in [0.15, 0.2) is 0 Å². The molecule has 3 heteroatoms. The van der Waals surface area contributed by atoms with Crippen LogP contribution >= 0.6 is 11.6 Å². The van der Waals surface area contributed by atoms with Crippen molar-refractivity contribution in [3.63, 3.8) is 0 Å². The van der Waals surface area contributed by atoms with Crippen LogP contribution in [0.1, 0.15) is 11.3 Å². The van der Waals surface area contributed by atoms with E-state index in [4.69, 9.17) is 11.6 Å². The Hall–Kier alpha value is -1.02. The Morgan fingerprint density at radius 1 is 1.31 bits per heavy atom. The molecule has 0 aliphatic carbocycles. The fourth-order valence-corrected chi connectivity index (χ4v) is 1.82. The molecule has 0 radical (unpaired) electrons. The molecule has 0 saturated carbocycles. The maximum absolute atomic E-state index is 6.07. The van der Waals surface area contributed by atoms with E-state index < -0.39 is 0 Å².